The molecule has 3 aromatic rings. The fourth-order valence-electron chi connectivity index (χ4n) is 3.42. The predicted octanol–water partition coefficient (Wildman–Crippen LogP) is 3.95. The van der Waals surface area contributed by atoms with Crippen molar-refractivity contribution in [3.05, 3.63) is 89.5 Å². The number of rotatable bonds is 7. The Hall–Kier alpha value is -4.59. The molecule has 0 aliphatic carbocycles. The summed E-state index contributed by atoms with van der Waals surface area (Å²) in [7, 11) is 3.02. The van der Waals surface area contributed by atoms with Crippen LogP contribution in [0.15, 0.2) is 78.4 Å². The van der Waals surface area contributed by atoms with Gasteiger partial charge in [0.05, 0.1) is 19.9 Å². The summed E-state index contributed by atoms with van der Waals surface area (Å²) in [5.41, 5.74) is 1.66. The number of ether oxygens (including phenoxy) is 3. The average Bonchev–Trinajstić information content (AvgIpc) is 2.86. The number of methoxy groups -OCH3 is 2. The van der Waals surface area contributed by atoms with Gasteiger partial charge in [-0.05, 0) is 53.6 Å². The van der Waals surface area contributed by atoms with Crippen LogP contribution in [0.1, 0.15) is 11.1 Å². The standard InChI is InChI=1S/C26H22N2O6/c1-32-20-11-9-19(10-12-20)28-25(30)21(24(29)27-26(28)31)14-18-8-13-22(23(15-18)33-2)34-16-17-6-4-3-5-7-17/h3-15H,16H2,1-2H3,(H,27,29,31)/b21-14+. The summed E-state index contributed by atoms with van der Waals surface area (Å²) in [5.74, 6) is 0.0209. The summed E-state index contributed by atoms with van der Waals surface area (Å²) >= 11 is 0. The molecule has 1 fully saturated rings. The normalized spacial score (nSPS) is 14.7. The Balaban J connectivity index is 1.59. The Morgan fingerprint density at radius 2 is 1.59 bits per heavy atom. The maximum Gasteiger partial charge on any atom is 0.335 e. The minimum atomic E-state index is -0.820. The zero-order chi connectivity index (χ0) is 24.1. The Bertz CT molecular complexity index is 1250. The molecule has 1 aliphatic heterocycles. The quantitative estimate of drug-likeness (QED) is 0.426. The molecule has 0 unspecified atom stereocenters. The maximum atomic E-state index is 13.1. The molecule has 0 spiro atoms. The topological polar surface area (TPSA) is 94.2 Å². The van der Waals surface area contributed by atoms with Gasteiger partial charge in [-0.1, -0.05) is 36.4 Å². The molecule has 1 N–H and O–H groups in total. The largest absolute Gasteiger partial charge is 0.497 e. The van der Waals surface area contributed by atoms with Crippen LogP contribution in [0, 0.1) is 0 Å². The van der Waals surface area contributed by atoms with Gasteiger partial charge in [0.2, 0.25) is 0 Å². The monoisotopic (exact) mass is 458 g/mol. The van der Waals surface area contributed by atoms with E-state index in [0.29, 0.717) is 35.1 Å². The van der Waals surface area contributed by atoms with Gasteiger partial charge in [0.15, 0.2) is 11.5 Å². The lowest BCUT2D eigenvalue weighted by Crippen LogP contribution is -2.54. The van der Waals surface area contributed by atoms with E-state index in [-0.39, 0.29) is 5.57 Å². The second-order valence-electron chi connectivity index (χ2n) is 7.34. The van der Waals surface area contributed by atoms with Crippen LogP contribution in [0.3, 0.4) is 0 Å². The molecular weight excluding hydrogens is 436 g/mol. The number of nitrogens with zero attached hydrogens (tertiary/aromatic N) is 1. The lowest BCUT2D eigenvalue weighted by molar-refractivity contribution is -0.122. The summed E-state index contributed by atoms with van der Waals surface area (Å²) in [4.78, 5) is 38.8. The van der Waals surface area contributed by atoms with Crippen molar-refractivity contribution in [3.8, 4) is 17.2 Å². The third-order valence-corrected chi connectivity index (χ3v) is 5.17. The summed E-state index contributed by atoms with van der Waals surface area (Å²) in [6, 6.07) is 20.3. The fourth-order valence-corrected chi connectivity index (χ4v) is 3.42. The van der Waals surface area contributed by atoms with Crippen molar-refractivity contribution in [1.82, 2.24) is 5.32 Å². The Morgan fingerprint density at radius 1 is 0.853 bits per heavy atom. The van der Waals surface area contributed by atoms with Gasteiger partial charge in [0.1, 0.15) is 17.9 Å². The van der Waals surface area contributed by atoms with Gasteiger partial charge in [-0.2, -0.15) is 0 Å². The van der Waals surface area contributed by atoms with Gasteiger partial charge >= 0.3 is 6.03 Å². The zero-order valence-electron chi connectivity index (χ0n) is 18.6. The highest BCUT2D eigenvalue weighted by molar-refractivity contribution is 6.39. The third kappa shape index (κ3) is 4.75. The first kappa shape index (κ1) is 22.6. The van der Waals surface area contributed by atoms with E-state index in [1.54, 1.807) is 42.5 Å². The molecule has 1 heterocycles. The third-order valence-electron chi connectivity index (χ3n) is 5.17. The van der Waals surface area contributed by atoms with Crippen LogP contribution in [0.5, 0.6) is 17.2 Å². The maximum absolute atomic E-state index is 13.1. The summed E-state index contributed by atoms with van der Waals surface area (Å²) in [6.07, 6.45) is 1.41. The number of anilines is 1. The smallest absolute Gasteiger partial charge is 0.335 e. The van der Waals surface area contributed by atoms with Gasteiger partial charge in [-0.3, -0.25) is 14.9 Å². The molecular formula is C26H22N2O6. The molecule has 4 rings (SSSR count). The lowest BCUT2D eigenvalue weighted by Gasteiger charge is -2.26. The fraction of sp³-hybridized carbons (Fsp3) is 0.115. The number of hydrogen-bond donors (Lipinski definition) is 1. The molecule has 8 heteroatoms. The first-order valence-corrected chi connectivity index (χ1v) is 10.4. The molecule has 0 aromatic heterocycles. The van der Waals surface area contributed by atoms with Crippen LogP contribution in [0.2, 0.25) is 0 Å². The van der Waals surface area contributed by atoms with Gasteiger partial charge in [0, 0.05) is 0 Å². The van der Waals surface area contributed by atoms with Crippen LogP contribution in [0.25, 0.3) is 6.08 Å². The highest BCUT2D eigenvalue weighted by Crippen LogP contribution is 2.30. The minimum Gasteiger partial charge on any atom is -0.497 e. The molecule has 1 aliphatic rings. The number of hydrogen-bond acceptors (Lipinski definition) is 6. The number of barbiturate groups is 1. The molecule has 34 heavy (non-hydrogen) atoms. The second kappa shape index (κ2) is 9.91. The van der Waals surface area contributed by atoms with E-state index in [4.69, 9.17) is 14.2 Å². The highest BCUT2D eigenvalue weighted by Gasteiger charge is 2.36. The van der Waals surface area contributed by atoms with Crippen LogP contribution in [-0.4, -0.2) is 32.1 Å². The predicted molar refractivity (Wildman–Crippen MR) is 126 cm³/mol. The number of amides is 4. The molecule has 0 radical (unpaired) electrons. The van der Waals surface area contributed by atoms with Crippen molar-refractivity contribution in [2.24, 2.45) is 0 Å². The number of carbonyl (C=O) groups is 3. The Morgan fingerprint density at radius 3 is 2.26 bits per heavy atom. The van der Waals surface area contributed by atoms with E-state index in [1.807, 2.05) is 30.3 Å². The van der Waals surface area contributed by atoms with E-state index in [9.17, 15) is 14.4 Å². The van der Waals surface area contributed by atoms with Crippen molar-refractivity contribution < 1.29 is 28.6 Å². The molecule has 4 amide bonds. The van der Waals surface area contributed by atoms with E-state index in [2.05, 4.69) is 5.32 Å². The van der Waals surface area contributed by atoms with Crippen LogP contribution < -0.4 is 24.4 Å². The molecule has 0 bridgehead atoms. The van der Waals surface area contributed by atoms with Gasteiger partial charge < -0.3 is 14.2 Å². The van der Waals surface area contributed by atoms with Crippen LogP contribution in [0.4, 0.5) is 10.5 Å². The first-order chi connectivity index (χ1) is 16.5. The summed E-state index contributed by atoms with van der Waals surface area (Å²) < 4.78 is 16.4. The van der Waals surface area contributed by atoms with Crippen LogP contribution in [-0.2, 0) is 16.2 Å². The minimum absolute atomic E-state index is 0.185. The Kier molecular flexibility index (Phi) is 6.59. The average molecular weight is 458 g/mol. The molecule has 0 atom stereocenters. The number of nitrogens with one attached hydrogen (secondary N) is 1. The molecule has 0 saturated carbocycles. The molecule has 172 valence electrons. The lowest BCUT2D eigenvalue weighted by atomic mass is 10.1. The first-order valence-electron chi connectivity index (χ1n) is 10.4. The zero-order valence-corrected chi connectivity index (χ0v) is 18.6. The summed E-state index contributed by atoms with van der Waals surface area (Å²) in [5, 5.41) is 2.21. The van der Waals surface area contributed by atoms with Crippen molar-refractivity contribution in [3.63, 3.8) is 0 Å². The Labute approximate surface area is 196 Å². The van der Waals surface area contributed by atoms with E-state index < -0.39 is 17.8 Å². The van der Waals surface area contributed by atoms with Gasteiger partial charge in [-0.25, -0.2) is 9.69 Å². The SMILES string of the molecule is COc1ccc(N2C(=O)NC(=O)/C(=C\c3ccc(OCc4ccccc4)c(OC)c3)C2=O)cc1. The number of carbonyl (C=O) groups excluding carboxylic acids is 3. The van der Waals surface area contributed by atoms with Crippen LogP contribution >= 0.6 is 0 Å². The van der Waals surface area contributed by atoms with E-state index in [1.165, 1.54) is 20.3 Å². The number of imide groups is 2. The number of urea groups is 1. The van der Waals surface area contributed by atoms with Crippen molar-refractivity contribution >= 4 is 29.6 Å². The molecule has 1 saturated heterocycles. The molecule has 8 nitrogen and oxygen atoms in total. The van der Waals surface area contributed by atoms with Gasteiger partial charge in [0.25, 0.3) is 11.8 Å². The van der Waals surface area contributed by atoms with Crippen molar-refractivity contribution in [2.75, 3.05) is 19.1 Å². The number of benzene rings is 3. The highest BCUT2D eigenvalue weighted by atomic mass is 16.5. The van der Waals surface area contributed by atoms with Crippen molar-refractivity contribution in [1.29, 1.82) is 0 Å². The second-order valence-corrected chi connectivity index (χ2v) is 7.34. The van der Waals surface area contributed by atoms with Gasteiger partial charge in [-0.15, -0.1) is 0 Å². The van der Waals surface area contributed by atoms with E-state index in [0.717, 1.165) is 10.5 Å². The van der Waals surface area contributed by atoms with E-state index >= 15 is 0 Å². The van der Waals surface area contributed by atoms with Crippen molar-refractivity contribution in [2.45, 2.75) is 6.61 Å². The molecule has 3 aromatic carbocycles. The summed E-state index contributed by atoms with van der Waals surface area (Å²) in [6.45, 7) is 0.359.